The maximum atomic E-state index is 11.2. The Morgan fingerprint density at radius 3 is 2.60 bits per heavy atom. The molecule has 0 saturated carbocycles. The molecular formula is C14H26N4OS. The van der Waals surface area contributed by atoms with Crippen LogP contribution < -0.4 is 16.8 Å². The number of anilines is 2. The van der Waals surface area contributed by atoms with E-state index in [-0.39, 0.29) is 0 Å². The van der Waals surface area contributed by atoms with Crippen molar-refractivity contribution < 1.29 is 4.79 Å². The highest BCUT2D eigenvalue weighted by Gasteiger charge is 2.12. The van der Waals surface area contributed by atoms with Gasteiger partial charge < -0.3 is 21.7 Å². The van der Waals surface area contributed by atoms with Crippen LogP contribution in [0, 0.1) is 0 Å². The lowest BCUT2D eigenvalue weighted by atomic mass is 10.2. The fraction of sp³-hybridized carbons (Fsp3) is 0.643. The molecule has 0 radical (unpaired) electrons. The number of carbonyl (C=O) groups excluding carboxylic acids is 1. The predicted octanol–water partition coefficient (Wildman–Crippen LogP) is 2.35. The Morgan fingerprint density at radius 1 is 1.45 bits per heavy atom. The molecular weight excluding hydrogens is 272 g/mol. The molecule has 1 aromatic heterocycles. The van der Waals surface area contributed by atoms with E-state index in [4.69, 9.17) is 11.5 Å². The summed E-state index contributed by atoms with van der Waals surface area (Å²) >= 11 is 1.32. The first-order chi connectivity index (χ1) is 9.47. The number of nitrogens with two attached hydrogens (primary N) is 2. The normalized spacial score (nSPS) is 12.6. The molecule has 20 heavy (non-hydrogen) atoms. The highest BCUT2D eigenvalue weighted by Crippen LogP contribution is 2.29. The van der Waals surface area contributed by atoms with Gasteiger partial charge in [0.15, 0.2) is 0 Å². The lowest BCUT2D eigenvalue weighted by Gasteiger charge is -2.19. The summed E-state index contributed by atoms with van der Waals surface area (Å²) in [6.07, 6.45) is 2.24. The molecule has 1 unspecified atom stereocenters. The van der Waals surface area contributed by atoms with Crippen molar-refractivity contribution in [3.8, 4) is 0 Å². The second kappa shape index (κ2) is 8.11. The van der Waals surface area contributed by atoms with Gasteiger partial charge in [0.25, 0.3) is 5.91 Å². The molecule has 5 nitrogen and oxygen atoms in total. The Kier molecular flexibility index (Phi) is 6.81. The van der Waals surface area contributed by atoms with Gasteiger partial charge in [-0.25, -0.2) is 0 Å². The van der Waals surface area contributed by atoms with Crippen LogP contribution in [0.15, 0.2) is 6.07 Å². The van der Waals surface area contributed by atoms with Gasteiger partial charge in [-0.3, -0.25) is 4.79 Å². The average molecular weight is 298 g/mol. The molecule has 114 valence electrons. The topological polar surface area (TPSA) is 84.4 Å². The molecule has 0 bridgehead atoms. The number of primary amides is 1. The first kappa shape index (κ1) is 16.8. The van der Waals surface area contributed by atoms with E-state index < -0.39 is 5.91 Å². The summed E-state index contributed by atoms with van der Waals surface area (Å²) in [5.74, 6) is -0.463. The number of amides is 1. The lowest BCUT2D eigenvalue weighted by Crippen LogP contribution is -2.25. The fourth-order valence-corrected chi connectivity index (χ4v) is 3.09. The van der Waals surface area contributed by atoms with Crippen LogP contribution in [0.4, 0.5) is 10.7 Å². The molecule has 0 aliphatic carbocycles. The Bertz CT molecular complexity index is 429. The Labute approximate surface area is 125 Å². The van der Waals surface area contributed by atoms with Crippen molar-refractivity contribution in [2.75, 3.05) is 30.7 Å². The number of nitrogens with zero attached hydrogens (tertiary/aromatic N) is 1. The van der Waals surface area contributed by atoms with E-state index >= 15 is 0 Å². The van der Waals surface area contributed by atoms with Crippen molar-refractivity contribution in [2.24, 2.45) is 5.73 Å². The summed E-state index contributed by atoms with van der Waals surface area (Å²) in [6, 6.07) is 2.13. The van der Waals surface area contributed by atoms with Crippen molar-refractivity contribution >= 4 is 27.9 Å². The maximum absolute atomic E-state index is 11.2. The van der Waals surface area contributed by atoms with Crippen LogP contribution in [-0.2, 0) is 0 Å². The van der Waals surface area contributed by atoms with Crippen molar-refractivity contribution in [3.05, 3.63) is 10.9 Å². The van der Waals surface area contributed by atoms with Crippen LogP contribution >= 0.6 is 11.3 Å². The Hall–Kier alpha value is -1.27. The van der Waals surface area contributed by atoms with E-state index in [1.165, 1.54) is 11.3 Å². The van der Waals surface area contributed by atoms with Gasteiger partial charge in [0, 0.05) is 6.04 Å². The standard InChI is InChI=1S/C14H26N4OS/c1-4-18(5-2)8-6-7-10(3)17-12-9-11(15)13(20-12)14(16)19/h9-10,17H,4-8,15H2,1-3H3,(H2,16,19). The SMILES string of the molecule is CCN(CC)CCCC(C)Nc1cc(N)c(C(N)=O)s1. The molecule has 0 spiro atoms. The van der Waals surface area contributed by atoms with Crippen molar-refractivity contribution in [1.82, 2.24) is 4.90 Å². The molecule has 1 atom stereocenters. The molecule has 1 rings (SSSR count). The summed E-state index contributed by atoms with van der Waals surface area (Å²) in [7, 11) is 0. The number of nitrogen functional groups attached to an aromatic ring is 1. The number of nitrogens with one attached hydrogen (secondary N) is 1. The number of hydrogen-bond donors (Lipinski definition) is 3. The van der Waals surface area contributed by atoms with Crippen molar-refractivity contribution in [2.45, 2.75) is 39.7 Å². The summed E-state index contributed by atoms with van der Waals surface area (Å²) < 4.78 is 0. The Morgan fingerprint density at radius 2 is 2.10 bits per heavy atom. The highest BCUT2D eigenvalue weighted by molar-refractivity contribution is 7.18. The third-order valence-corrected chi connectivity index (χ3v) is 4.48. The van der Waals surface area contributed by atoms with Gasteiger partial charge in [0.2, 0.25) is 0 Å². The molecule has 0 fully saturated rings. The molecule has 0 aromatic carbocycles. The zero-order valence-corrected chi connectivity index (χ0v) is 13.4. The van der Waals surface area contributed by atoms with E-state index in [0.717, 1.165) is 37.5 Å². The van der Waals surface area contributed by atoms with Gasteiger partial charge in [-0.1, -0.05) is 13.8 Å². The summed E-state index contributed by atoms with van der Waals surface area (Å²) in [5, 5.41) is 4.29. The van der Waals surface area contributed by atoms with Crippen LogP contribution in [0.25, 0.3) is 0 Å². The first-order valence-corrected chi connectivity index (χ1v) is 7.97. The van der Waals surface area contributed by atoms with E-state index in [2.05, 4.69) is 31.0 Å². The number of hydrogen-bond acceptors (Lipinski definition) is 5. The van der Waals surface area contributed by atoms with Crippen LogP contribution in [0.3, 0.4) is 0 Å². The molecule has 0 aliphatic rings. The molecule has 0 aliphatic heterocycles. The minimum absolute atomic E-state index is 0.351. The fourth-order valence-electron chi connectivity index (χ4n) is 2.14. The number of carbonyl (C=O) groups is 1. The van der Waals surface area contributed by atoms with Crippen LogP contribution in [0.5, 0.6) is 0 Å². The predicted molar refractivity (Wildman–Crippen MR) is 87.4 cm³/mol. The zero-order chi connectivity index (χ0) is 15.1. The summed E-state index contributed by atoms with van der Waals surface area (Å²) in [6.45, 7) is 9.83. The molecule has 0 saturated heterocycles. The van der Waals surface area contributed by atoms with Crippen molar-refractivity contribution in [3.63, 3.8) is 0 Å². The average Bonchev–Trinajstić information content (AvgIpc) is 2.75. The Balaban J connectivity index is 2.40. The quantitative estimate of drug-likeness (QED) is 0.653. The molecule has 1 heterocycles. The minimum atomic E-state index is -0.463. The van der Waals surface area contributed by atoms with Gasteiger partial charge in [0.1, 0.15) is 4.88 Å². The third kappa shape index (κ3) is 5.02. The minimum Gasteiger partial charge on any atom is -0.397 e. The van der Waals surface area contributed by atoms with Gasteiger partial charge in [-0.05, 0) is 45.5 Å². The molecule has 1 aromatic rings. The van der Waals surface area contributed by atoms with Crippen LogP contribution in [0.1, 0.15) is 43.3 Å². The number of rotatable bonds is 9. The summed E-state index contributed by atoms with van der Waals surface area (Å²) in [4.78, 5) is 14.0. The van der Waals surface area contributed by atoms with Gasteiger partial charge in [0.05, 0.1) is 10.7 Å². The van der Waals surface area contributed by atoms with Gasteiger partial charge in [-0.15, -0.1) is 11.3 Å². The number of thiophene rings is 1. The zero-order valence-electron chi connectivity index (χ0n) is 12.6. The largest absolute Gasteiger partial charge is 0.397 e. The summed E-state index contributed by atoms with van der Waals surface area (Å²) in [5.41, 5.74) is 11.5. The maximum Gasteiger partial charge on any atom is 0.260 e. The third-order valence-electron chi connectivity index (χ3n) is 3.38. The lowest BCUT2D eigenvalue weighted by molar-refractivity contribution is 0.100. The monoisotopic (exact) mass is 298 g/mol. The smallest absolute Gasteiger partial charge is 0.260 e. The van der Waals surface area contributed by atoms with E-state index in [0.29, 0.717) is 16.6 Å². The highest BCUT2D eigenvalue weighted by atomic mass is 32.1. The molecule has 5 N–H and O–H groups in total. The van der Waals surface area contributed by atoms with E-state index in [1.54, 1.807) is 6.07 Å². The molecule has 6 heteroatoms. The second-order valence-electron chi connectivity index (χ2n) is 4.97. The first-order valence-electron chi connectivity index (χ1n) is 7.15. The van der Waals surface area contributed by atoms with Gasteiger partial charge in [-0.2, -0.15) is 0 Å². The van der Waals surface area contributed by atoms with E-state index in [9.17, 15) is 4.79 Å². The van der Waals surface area contributed by atoms with Crippen molar-refractivity contribution in [1.29, 1.82) is 0 Å². The van der Waals surface area contributed by atoms with E-state index in [1.807, 2.05) is 0 Å². The molecule has 1 amide bonds. The van der Waals surface area contributed by atoms with Gasteiger partial charge >= 0.3 is 0 Å². The van der Waals surface area contributed by atoms with Crippen LogP contribution in [-0.4, -0.2) is 36.5 Å². The second-order valence-corrected chi connectivity index (χ2v) is 6.03. The van der Waals surface area contributed by atoms with Crippen LogP contribution in [0.2, 0.25) is 0 Å².